The van der Waals surface area contributed by atoms with Gasteiger partial charge in [0.05, 0.1) is 12.5 Å². The first-order valence-electron chi connectivity index (χ1n) is 6.62. The van der Waals surface area contributed by atoms with Crippen molar-refractivity contribution < 1.29 is 9.53 Å². The third kappa shape index (κ3) is 4.90. The van der Waals surface area contributed by atoms with Gasteiger partial charge < -0.3 is 15.4 Å². The number of amides is 1. The molecule has 20 heavy (non-hydrogen) atoms. The molecule has 0 aliphatic heterocycles. The lowest BCUT2D eigenvalue weighted by Crippen LogP contribution is -2.29. The molecule has 0 aromatic heterocycles. The van der Waals surface area contributed by atoms with Crippen molar-refractivity contribution in [3.8, 4) is 11.8 Å². The Morgan fingerprint density at radius 2 is 2.25 bits per heavy atom. The third-order valence-electron chi connectivity index (χ3n) is 2.98. The number of aryl methyl sites for hydroxylation is 1. The minimum Gasteiger partial charge on any atom is -0.483 e. The number of rotatable bonds is 7. The fraction of sp³-hybridized carbons (Fsp3) is 0.467. The predicted octanol–water partition coefficient (Wildman–Crippen LogP) is 1.68. The Labute approximate surface area is 119 Å². The SMILES string of the molecule is CNC(C)c1cc(C)ccc1OCC(=O)NCCC#N. The van der Waals surface area contributed by atoms with Crippen molar-refractivity contribution in [1.82, 2.24) is 10.6 Å². The first kappa shape index (κ1) is 16.0. The lowest BCUT2D eigenvalue weighted by molar-refractivity contribution is -0.123. The minimum atomic E-state index is -0.219. The van der Waals surface area contributed by atoms with Gasteiger partial charge in [-0.2, -0.15) is 5.26 Å². The summed E-state index contributed by atoms with van der Waals surface area (Å²) in [6.45, 7) is 4.36. The molecule has 0 bridgehead atoms. The van der Waals surface area contributed by atoms with Gasteiger partial charge in [-0.25, -0.2) is 0 Å². The molecule has 1 aromatic carbocycles. The smallest absolute Gasteiger partial charge is 0.257 e. The number of carbonyl (C=O) groups excluding carboxylic acids is 1. The quantitative estimate of drug-likeness (QED) is 0.743. The van der Waals surface area contributed by atoms with Gasteiger partial charge in [0, 0.05) is 18.2 Å². The summed E-state index contributed by atoms with van der Waals surface area (Å²) in [6, 6.07) is 7.99. The van der Waals surface area contributed by atoms with Crippen LogP contribution in [-0.2, 0) is 4.79 Å². The van der Waals surface area contributed by atoms with E-state index < -0.39 is 0 Å². The number of carbonyl (C=O) groups is 1. The van der Waals surface area contributed by atoms with E-state index in [-0.39, 0.29) is 18.6 Å². The monoisotopic (exact) mass is 275 g/mol. The second-order valence-electron chi connectivity index (χ2n) is 4.60. The van der Waals surface area contributed by atoms with Crippen LogP contribution in [0.1, 0.15) is 30.5 Å². The molecular weight excluding hydrogens is 254 g/mol. The highest BCUT2D eigenvalue weighted by molar-refractivity contribution is 5.77. The Balaban J connectivity index is 2.63. The van der Waals surface area contributed by atoms with Gasteiger partial charge >= 0.3 is 0 Å². The molecule has 0 saturated heterocycles. The maximum Gasteiger partial charge on any atom is 0.257 e. The van der Waals surface area contributed by atoms with E-state index >= 15 is 0 Å². The molecule has 0 fully saturated rings. The standard InChI is InChI=1S/C15H21N3O2/c1-11-5-6-14(13(9-11)12(2)17-3)20-10-15(19)18-8-4-7-16/h5-6,9,12,17H,4,8,10H2,1-3H3,(H,18,19). The molecule has 0 radical (unpaired) electrons. The van der Waals surface area contributed by atoms with Crippen LogP contribution in [0.2, 0.25) is 0 Å². The Morgan fingerprint density at radius 1 is 1.50 bits per heavy atom. The van der Waals surface area contributed by atoms with Crippen LogP contribution < -0.4 is 15.4 Å². The highest BCUT2D eigenvalue weighted by Gasteiger charge is 2.11. The topological polar surface area (TPSA) is 74.2 Å². The fourth-order valence-electron chi connectivity index (χ4n) is 1.75. The molecule has 2 N–H and O–H groups in total. The van der Waals surface area contributed by atoms with Gasteiger partial charge in [-0.05, 0) is 27.0 Å². The molecule has 0 spiro atoms. The fourth-order valence-corrected chi connectivity index (χ4v) is 1.75. The Bertz CT molecular complexity index is 494. The molecule has 5 heteroatoms. The highest BCUT2D eigenvalue weighted by atomic mass is 16.5. The minimum absolute atomic E-state index is 0.0437. The van der Waals surface area contributed by atoms with E-state index in [9.17, 15) is 4.79 Å². The third-order valence-corrected chi connectivity index (χ3v) is 2.98. The zero-order chi connectivity index (χ0) is 15.0. The van der Waals surface area contributed by atoms with Gasteiger partial charge in [0.2, 0.25) is 0 Å². The van der Waals surface area contributed by atoms with Crippen LogP contribution in [0.15, 0.2) is 18.2 Å². The Hall–Kier alpha value is -2.06. The zero-order valence-electron chi connectivity index (χ0n) is 12.2. The molecule has 5 nitrogen and oxygen atoms in total. The Morgan fingerprint density at radius 3 is 2.90 bits per heavy atom. The van der Waals surface area contributed by atoms with Gasteiger partial charge in [-0.15, -0.1) is 0 Å². The van der Waals surface area contributed by atoms with E-state index in [0.29, 0.717) is 18.7 Å². The molecule has 1 aromatic rings. The second-order valence-corrected chi connectivity index (χ2v) is 4.60. The number of nitriles is 1. The molecule has 108 valence electrons. The van der Waals surface area contributed by atoms with E-state index in [0.717, 1.165) is 11.1 Å². The first-order valence-corrected chi connectivity index (χ1v) is 6.62. The van der Waals surface area contributed by atoms with Crippen LogP contribution in [0, 0.1) is 18.3 Å². The molecule has 0 heterocycles. The van der Waals surface area contributed by atoms with Crippen LogP contribution in [0.3, 0.4) is 0 Å². The van der Waals surface area contributed by atoms with Crippen molar-refractivity contribution in [2.24, 2.45) is 0 Å². The molecule has 0 aliphatic rings. The summed E-state index contributed by atoms with van der Waals surface area (Å²) in [6.07, 6.45) is 0.304. The summed E-state index contributed by atoms with van der Waals surface area (Å²) in [5.74, 6) is 0.483. The summed E-state index contributed by atoms with van der Waals surface area (Å²) in [5.41, 5.74) is 2.17. The number of nitrogens with zero attached hydrogens (tertiary/aromatic N) is 1. The van der Waals surface area contributed by atoms with Gasteiger partial charge in [-0.1, -0.05) is 17.7 Å². The molecule has 1 unspecified atom stereocenters. The lowest BCUT2D eigenvalue weighted by atomic mass is 10.0. The van der Waals surface area contributed by atoms with Crippen molar-refractivity contribution in [1.29, 1.82) is 5.26 Å². The van der Waals surface area contributed by atoms with Crippen molar-refractivity contribution in [3.05, 3.63) is 29.3 Å². The average Bonchev–Trinajstić information content (AvgIpc) is 2.45. The number of hydrogen-bond acceptors (Lipinski definition) is 4. The Kier molecular flexibility index (Phi) is 6.54. The van der Waals surface area contributed by atoms with E-state index in [1.807, 2.05) is 45.2 Å². The number of hydrogen-bond donors (Lipinski definition) is 2. The lowest BCUT2D eigenvalue weighted by Gasteiger charge is -2.17. The number of benzene rings is 1. The summed E-state index contributed by atoms with van der Waals surface area (Å²) >= 11 is 0. The normalized spacial score (nSPS) is 11.5. The number of ether oxygens (including phenoxy) is 1. The molecule has 0 aliphatic carbocycles. The maximum atomic E-state index is 11.5. The van der Waals surface area contributed by atoms with E-state index in [1.165, 1.54) is 0 Å². The molecule has 1 amide bonds. The molecule has 0 saturated carbocycles. The maximum absolute atomic E-state index is 11.5. The molecular formula is C15H21N3O2. The highest BCUT2D eigenvalue weighted by Crippen LogP contribution is 2.26. The van der Waals surface area contributed by atoms with Crippen LogP contribution in [0.25, 0.3) is 0 Å². The van der Waals surface area contributed by atoms with E-state index in [4.69, 9.17) is 10.00 Å². The van der Waals surface area contributed by atoms with Gasteiger partial charge in [-0.3, -0.25) is 4.79 Å². The zero-order valence-corrected chi connectivity index (χ0v) is 12.2. The van der Waals surface area contributed by atoms with Crippen LogP contribution in [-0.4, -0.2) is 26.1 Å². The summed E-state index contributed by atoms with van der Waals surface area (Å²) < 4.78 is 5.57. The van der Waals surface area contributed by atoms with Crippen LogP contribution >= 0.6 is 0 Å². The first-order chi connectivity index (χ1) is 9.58. The van der Waals surface area contributed by atoms with Crippen LogP contribution in [0.4, 0.5) is 0 Å². The number of nitrogens with one attached hydrogen (secondary N) is 2. The van der Waals surface area contributed by atoms with Crippen molar-refractivity contribution in [2.45, 2.75) is 26.3 Å². The largest absolute Gasteiger partial charge is 0.483 e. The van der Waals surface area contributed by atoms with Gasteiger partial charge in [0.15, 0.2) is 6.61 Å². The van der Waals surface area contributed by atoms with Gasteiger partial charge in [0.1, 0.15) is 5.75 Å². The van der Waals surface area contributed by atoms with E-state index in [1.54, 1.807) is 0 Å². The van der Waals surface area contributed by atoms with Crippen molar-refractivity contribution >= 4 is 5.91 Å². The van der Waals surface area contributed by atoms with Crippen molar-refractivity contribution in [3.63, 3.8) is 0 Å². The predicted molar refractivity (Wildman–Crippen MR) is 77.4 cm³/mol. The van der Waals surface area contributed by atoms with Gasteiger partial charge in [0.25, 0.3) is 5.91 Å². The molecule has 1 rings (SSSR count). The van der Waals surface area contributed by atoms with Crippen molar-refractivity contribution in [2.75, 3.05) is 20.2 Å². The summed E-state index contributed by atoms with van der Waals surface area (Å²) in [7, 11) is 1.88. The summed E-state index contributed by atoms with van der Waals surface area (Å²) in [5, 5.41) is 14.2. The summed E-state index contributed by atoms with van der Waals surface area (Å²) in [4.78, 5) is 11.5. The van der Waals surface area contributed by atoms with E-state index in [2.05, 4.69) is 10.6 Å². The second kappa shape index (κ2) is 8.18. The van der Waals surface area contributed by atoms with Crippen LogP contribution in [0.5, 0.6) is 5.75 Å². The molecule has 1 atom stereocenters. The average molecular weight is 275 g/mol.